The van der Waals surface area contributed by atoms with Crippen LogP contribution in [-0.4, -0.2) is 44.5 Å². The standard InChI is InChI=1S/C19H20N8O3S/c1-26-13-14(12-22-26)31(29,30)25-19-18(23-15-6-2-3-7-16(15)24-19)20-9-5-11-27-17(28)8-4-10-21-27/h2-4,6-8,10,12-13H,5,9,11H2,1H3,(H,20,23)(H,24,25). The summed E-state index contributed by atoms with van der Waals surface area (Å²) in [6, 6.07) is 10.2. The Hall–Kier alpha value is -3.80. The Kier molecular flexibility index (Phi) is 5.62. The highest BCUT2D eigenvalue weighted by Gasteiger charge is 2.20. The third kappa shape index (κ3) is 4.69. The van der Waals surface area contributed by atoms with E-state index in [4.69, 9.17) is 0 Å². The number of nitrogens with one attached hydrogen (secondary N) is 2. The van der Waals surface area contributed by atoms with Crippen molar-refractivity contribution >= 4 is 32.7 Å². The smallest absolute Gasteiger partial charge is 0.266 e. The van der Waals surface area contributed by atoms with E-state index in [9.17, 15) is 13.2 Å². The molecule has 0 bridgehead atoms. The lowest BCUT2D eigenvalue weighted by atomic mass is 10.3. The minimum atomic E-state index is -3.89. The summed E-state index contributed by atoms with van der Waals surface area (Å²) < 4.78 is 30.8. The Bertz CT molecular complexity index is 1380. The van der Waals surface area contributed by atoms with E-state index in [1.54, 1.807) is 37.5 Å². The summed E-state index contributed by atoms with van der Waals surface area (Å²) in [5.74, 6) is 0.372. The van der Waals surface area contributed by atoms with Gasteiger partial charge in [0.05, 0.1) is 17.2 Å². The number of benzene rings is 1. The zero-order valence-electron chi connectivity index (χ0n) is 16.6. The van der Waals surface area contributed by atoms with Crippen LogP contribution >= 0.6 is 0 Å². The van der Waals surface area contributed by atoms with Crippen LogP contribution in [0.5, 0.6) is 0 Å². The summed E-state index contributed by atoms with van der Waals surface area (Å²) in [4.78, 5) is 20.7. The molecule has 0 aliphatic rings. The zero-order valence-corrected chi connectivity index (χ0v) is 17.5. The largest absolute Gasteiger partial charge is 0.367 e. The fourth-order valence-electron chi connectivity index (χ4n) is 2.91. The first-order valence-electron chi connectivity index (χ1n) is 9.47. The Balaban J connectivity index is 1.56. The molecule has 1 aromatic carbocycles. The van der Waals surface area contributed by atoms with Gasteiger partial charge in [-0.3, -0.25) is 14.2 Å². The van der Waals surface area contributed by atoms with E-state index in [2.05, 4.69) is 30.2 Å². The summed E-state index contributed by atoms with van der Waals surface area (Å²) in [5, 5.41) is 11.0. The molecule has 0 saturated heterocycles. The first kappa shape index (κ1) is 20.5. The van der Waals surface area contributed by atoms with Gasteiger partial charge < -0.3 is 5.32 Å². The molecule has 0 radical (unpaired) electrons. The SMILES string of the molecule is Cn1cc(S(=O)(=O)Nc2nc3ccccc3nc2NCCCn2ncccc2=O)cn1. The molecule has 0 spiro atoms. The molecular formula is C19H20N8O3S. The molecule has 0 saturated carbocycles. The molecule has 12 heteroatoms. The van der Waals surface area contributed by atoms with Crippen molar-refractivity contribution in [3.63, 3.8) is 0 Å². The highest BCUT2D eigenvalue weighted by Crippen LogP contribution is 2.24. The first-order valence-corrected chi connectivity index (χ1v) is 10.9. The zero-order chi connectivity index (χ0) is 21.8. The number of aromatic nitrogens is 6. The second-order valence-electron chi connectivity index (χ2n) is 6.73. The summed E-state index contributed by atoms with van der Waals surface area (Å²) in [6.07, 6.45) is 4.78. The molecular weight excluding hydrogens is 420 g/mol. The van der Waals surface area contributed by atoms with Crippen molar-refractivity contribution in [2.75, 3.05) is 16.6 Å². The summed E-state index contributed by atoms with van der Waals surface area (Å²) >= 11 is 0. The van der Waals surface area contributed by atoms with Crippen LogP contribution in [0.15, 0.2) is 64.7 Å². The second kappa shape index (κ2) is 8.52. The van der Waals surface area contributed by atoms with E-state index >= 15 is 0 Å². The van der Waals surface area contributed by atoms with Crippen molar-refractivity contribution < 1.29 is 8.42 Å². The van der Waals surface area contributed by atoms with Crippen LogP contribution in [0, 0.1) is 0 Å². The molecule has 3 aromatic heterocycles. The number of rotatable bonds is 8. The van der Waals surface area contributed by atoms with E-state index in [1.165, 1.54) is 27.8 Å². The third-order valence-electron chi connectivity index (χ3n) is 4.42. The van der Waals surface area contributed by atoms with Crippen LogP contribution in [0.4, 0.5) is 11.6 Å². The number of fused-ring (bicyclic) bond motifs is 1. The van der Waals surface area contributed by atoms with Crippen LogP contribution < -0.4 is 15.6 Å². The number of aryl methyl sites for hydroxylation is 2. The van der Waals surface area contributed by atoms with E-state index in [0.717, 1.165) is 0 Å². The van der Waals surface area contributed by atoms with Crippen LogP contribution in [0.2, 0.25) is 0 Å². The molecule has 31 heavy (non-hydrogen) atoms. The van der Waals surface area contributed by atoms with Crippen molar-refractivity contribution in [3.05, 3.63) is 65.3 Å². The van der Waals surface area contributed by atoms with Crippen molar-refractivity contribution in [2.45, 2.75) is 17.9 Å². The van der Waals surface area contributed by atoms with Gasteiger partial charge in [0.2, 0.25) is 0 Å². The highest BCUT2D eigenvalue weighted by atomic mass is 32.2. The molecule has 0 amide bonds. The minimum absolute atomic E-state index is 0.0189. The Morgan fingerprint density at radius 2 is 1.74 bits per heavy atom. The van der Waals surface area contributed by atoms with E-state index < -0.39 is 10.0 Å². The topological polar surface area (TPSA) is 137 Å². The van der Waals surface area contributed by atoms with Gasteiger partial charge in [-0.1, -0.05) is 12.1 Å². The van der Waals surface area contributed by atoms with E-state index in [-0.39, 0.29) is 16.3 Å². The number of hydrogen-bond donors (Lipinski definition) is 2. The third-order valence-corrected chi connectivity index (χ3v) is 5.71. The molecule has 2 N–H and O–H groups in total. The average Bonchev–Trinajstić information content (AvgIpc) is 3.20. The van der Waals surface area contributed by atoms with Gasteiger partial charge in [0, 0.05) is 38.6 Å². The molecule has 160 valence electrons. The van der Waals surface area contributed by atoms with Crippen molar-refractivity contribution in [1.29, 1.82) is 0 Å². The molecule has 11 nitrogen and oxygen atoms in total. The summed E-state index contributed by atoms with van der Waals surface area (Å²) in [6.45, 7) is 0.835. The van der Waals surface area contributed by atoms with Gasteiger partial charge in [-0.05, 0) is 24.6 Å². The highest BCUT2D eigenvalue weighted by molar-refractivity contribution is 7.92. The molecule has 0 unspecified atom stereocenters. The molecule has 0 fully saturated rings. The number of nitrogens with zero attached hydrogens (tertiary/aromatic N) is 6. The summed E-state index contributed by atoms with van der Waals surface area (Å²) in [7, 11) is -2.26. The number of para-hydroxylation sites is 2. The maximum absolute atomic E-state index is 12.7. The normalized spacial score (nSPS) is 11.5. The molecule has 0 aliphatic heterocycles. The van der Waals surface area contributed by atoms with Crippen molar-refractivity contribution in [1.82, 2.24) is 29.5 Å². The van der Waals surface area contributed by atoms with Crippen molar-refractivity contribution in [2.24, 2.45) is 7.05 Å². The van der Waals surface area contributed by atoms with Gasteiger partial charge in [0.1, 0.15) is 4.90 Å². The molecule has 4 aromatic rings. The fraction of sp³-hybridized carbons (Fsp3) is 0.211. The fourth-order valence-corrected chi connectivity index (χ4v) is 3.90. The first-order chi connectivity index (χ1) is 14.9. The molecule has 3 heterocycles. The van der Waals surface area contributed by atoms with Gasteiger partial charge in [0.25, 0.3) is 15.6 Å². The van der Waals surface area contributed by atoms with Crippen molar-refractivity contribution in [3.8, 4) is 0 Å². The Labute approximate surface area is 177 Å². The van der Waals surface area contributed by atoms with Crippen LogP contribution in [0.1, 0.15) is 6.42 Å². The summed E-state index contributed by atoms with van der Waals surface area (Å²) in [5.41, 5.74) is 0.991. The number of anilines is 2. The lowest BCUT2D eigenvalue weighted by molar-refractivity contribution is 0.559. The average molecular weight is 440 g/mol. The quantitative estimate of drug-likeness (QED) is 0.390. The van der Waals surface area contributed by atoms with E-state index in [0.29, 0.717) is 36.4 Å². The monoisotopic (exact) mass is 440 g/mol. The number of sulfonamides is 1. The lowest BCUT2D eigenvalue weighted by Gasteiger charge is -2.13. The van der Waals surface area contributed by atoms with Gasteiger partial charge in [0.15, 0.2) is 11.6 Å². The predicted octanol–water partition coefficient (Wildman–Crippen LogP) is 1.22. The molecule has 0 aliphatic carbocycles. The van der Waals surface area contributed by atoms with Gasteiger partial charge in [-0.2, -0.15) is 10.2 Å². The maximum Gasteiger partial charge on any atom is 0.266 e. The van der Waals surface area contributed by atoms with Crippen LogP contribution in [-0.2, 0) is 23.6 Å². The van der Waals surface area contributed by atoms with Gasteiger partial charge in [-0.15, -0.1) is 0 Å². The van der Waals surface area contributed by atoms with E-state index in [1.807, 2.05) is 6.07 Å². The minimum Gasteiger partial charge on any atom is -0.367 e. The second-order valence-corrected chi connectivity index (χ2v) is 8.41. The number of hydrogen-bond acceptors (Lipinski definition) is 8. The predicted molar refractivity (Wildman–Crippen MR) is 115 cm³/mol. The van der Waals surface area contributed by atoms with Gasteiger partial charge in [-0.25, -0.2) is 23.1 Å². The van der Waals surface area contributed by atoms with Crippen LogP contribution in [0.25, 0.3) is 11.0 Å². The van der Waals surface area contributed by atoms with Gasteiger partial charge >= 0.3 is 0 Å². The Morgan fingerprint density at radius 1 is 1.00 bits per heavy atom. The van der Waals surface area contributed by atoms with Crippen LogP contribution in [0.3, 0.4) is 0 Å². The molecule has 0 atom stereocenters. The molecule has 4 rings (SSSR count). The maximum atomic E-state index is 12.7. The lowest BCUT2D eigenvalue weighted by Crippen LogP contribution is -2.22. The Morgan fingerprint density at radius 3 is 2.42 bits per heavy atom.